The third kappa shape index (κ3) is 2.03. The molecule has 0 amide bonds. The lowest BCUT2D eigenvalue weighted by Gasteiger charge is -2.39. The first-order valence-electron chi connectivity index (χ1n) is 4.33. The highest BCUT2D eigenvalue weighted by Gasteiger charge is 2.43. The molecule has 1 aliphatic rings. The van der Waals surface area contributed by atoms with E-state index in [9.17, 15) is 15.0 Å². The predicted octanol–water partition coefficient (Wildman–Crippen LogP) is -1.97. The van der Waals surface area contributed by atoms with Gasteiger partial charge < -0.3 is 24.8 Å². The second kappa shape index (κ2) is 4.70. The normalized spacial score (nSPS) is 43.3. The van der Waals surface area contributed by atoms with Crippen molar-refractivity contribution in [1.82, 2.24) is 0 Å². The van der Waals surface area contributed by atoms with Gasteiger partial charge in [0.05, 0.1) is 12.7 Å². The van der Waals surface area contributed by atoms with Crippen molar-refractivity contribution < 1.29 is 29.6 Å². The minimum absolute atomic E-state index is 0.156. The monoisotopic (exact) mass is 206 g/mol. The molecular weight excluding hydrogens is 192 g/mol. The van der Waals surface area contributed by atoms with Gasteiger partial charge in [-0.15, -0.1) is 0 Å². The van der Waals surface area contributed by atoms with E-state index in [4.69, 9.17) is 9.84 Å². The van der Waals surface area contributed by atoms with Crippen molar-refractivity contribution in [3.05, 3.63) is 0 Å². The number of carbonyl (C=O) groups excluding carboxylic acids is 1. The summed E-state index contributed by atoms with van der Waals surface area (Å²) in [5.41, 5.74) is 0. The van der Waals surface area contributed by atoms with E-state index in [-0.39, 0.29) is 6.47 Å². The minimum atomic E-state index is -1.21. The van der Waals surface area contributed by atoms with E-state index in [2.05, 4.69) is 4.74 Å². The van der Waals surface area contributed by atoms with Crippen LogP contribution in [0, 0.1) is 0 Å². The Labute approximate surface area is 81.1 Å². The number of rotatable bonds is 3. The molecule has 5 atom stereocenters. The van der Waals surface area contributed by atoms with Gasteiger partial charge in [0.25, 0.3) is 6.47 Å². The van der Waals surface area contributed by atoms with Crippen molar-refractivity contribution in [3.8, 4) is 0 Å². The van der Waals surface area contributed by atoms with Gasteiger partial charge in [0.15, 0.2) is 6.10 Å². The van der Waals surface area contributed by atoms with Gasteiger partial charge in [-0.25, -0.2) is 0 Å². The highest BCUT2D eigenvalue weighted by molar-refractivity contribution is 5.38. The number of hydrogen-bond acceptors (Lipinski definition) is 6. The van der Waals surface area contributed by atoms with Crippen LogP contribution in [0.15, 0.2) is 0 Å². The molecule has 0 aromatic heterocycles. The molecule has 14 heavy (non-hydrogen) atoms. The van der Waals surface area contributed by atoms with E-state index in [1.807, 2.05) is 0 Å². The third-order valence-corrected chi connectivity index (χ3v) is 2.32. The highest BCUT2D eigenvalue weighted by atomic mass is 16.6. The first kappa shape index (κ1) is 11.4. The van der Waals surface area contributed by atoms with Gasteiger partial charge in [0.2, 0.25) is 0 Å². The van der Waals surface area contributed by atoms with Crippen molar-refractivity contribution in [1.29, 1.82) is 0 Å². The Morgan fingerprint density at radius 3 is 2.57 bits per heavy atom. The summed E-state index contributed by atoms with van der Waals surface area (Å²) in [5, 5.41) is 27.9. The number of ether oxygens (including phenoxy) is 2. The fourth-order valence-corrected chi connectivity index (χ4v) is 1.49. The molecule has 0 aromatic rings. The molecule has 6 nitrogen and oxygen atoms in total. The SMILES string of the molecule is CC1O[C@H](CO)[C@@H](O)[C@@H](OC=O)[C@@H]1O. The third-order valence-electron chi connectivity index (χ3n) is 2.32. The predicted molar refractivity (Wildman–Crippen MR) is 44.4 cm³/mol. The maximum atomic E-state index is 10.1. The van der Waals surface area contributed by atoms with Crippen molar-refractivity contribution >= 4 is 6.47 Å². The van der Waals surface area contributed by atoms with Gasteiger partial charge >= 0.3 is 0 Å². The summed E-state index contributed by atoms with van der Waals surface area (Å²) in [7, 11) is 0. The zero-order chi connectivity index (χ0) is 10.7. The first-order valence-corrected chi connectivity index (χ1v) is 4.33. The quantitative estimate of drug-likeness (QED) is 0.463. The molecule has 1 aliphatic heterocycles. The summed E-state index contributed by atoms with van der Waals surface area (Å²) >= 11 is 0. The van der Waals surface area contributed by atoms with Crippen LogP contribution in [0.3, 0.4) is 0 Å². The van der Waals surface area contributed by atoms with Crippen LogP contribution >= 0.6 is 0 Å². The molecule has 0 spiro atoms. The van der Waals surface area contributed by atoms with E-state index in [0.717, 1.165) is 0 Å². The van der Waals surface area contributed by atoms with E-state index >= 15 is 0 Å². The molecule has 0 bridgehead atoms. The van der Waals surface area contributed by atoms with Crippen molar-refractivity contribution in [3.63, 3.8) is 0 Å². The lowest BCUT2D eigenvalue weighted by molar-refractivity contribution is -0.230. The number of carbonyl (C=O) groups is 1. The summed E-state index contributed by atoms with van der Waals surface area (Å²) in [6, 6.07) is 0. The van der Waals surface area contributed by atoms with Gasteiger partial charge in [-0.3, -0.25) is 4.79 Å². The van der Waals surface area contributed by atoms with Crippen molar-refractivity contribution in [2.45, 2.75) is 37.4 Å². The Morgan fingerprint density at radius 2 is 2.07 bits per heavy atom. The minimum Gasteiger partial charge on any atom is -0.459 e. The van der Waals surface area contributed by atoms with E-state index < -0.39 is 37.1 Å². The summed E-state index contributed by atoms with van der Waals surface area (Å²) in [6.45, 7) is 1.33. The van der Waals surface area contributed by atoms with Gasteiger partial charge in [-0.05, 0) is 6.92 Å². The average Bonchev–Trinajstić information content (AvgIpc) is 2.18. The lowest BCUT2D eigenvalue weighted by atomic mass is 9.96. The largest absolute Gasteiger partial charge is 0.459 e. The molecule has 1 unspecified atom stereocenters. The Morgan fingerprint density at radius 1 is 1.43 bits per heavy atom. The van der Waals surface area contributed by atoms with Crippen LogP contribution in [0.4, 0.5) is 0 Å². The second-order valence-electron chi connectivity index (χ2n) is 3.24. The fourth-order valence-electron chi connectivity index (χ4n) is 1.49. The average molecular weight is 206 g/mol. The van der Waals surface area contributed by atoms with Crippen molar-refractivity contribution in [2.24, 2.45) is 0 Å². The molecule has 1 rings (SSSR count). The highest BCUT2D eigenvalue weighted by Crippen LogP contribution is 2.22. The molecule has 6 heteroatoms. The maximum absolute atomic E-state index is 10.1. The van der Waals surface area contributed by atoms with Crippen LogP contribution < -0.4 is 0 Å². The number of aliphatic hydroxyl groups excluding tert-OH is 3. The Bertz CT molecular complexity index is 196. The maximum Gasteiger partial charge on any atom is 0.293 e. The van der Waals surface area contributed by atoms with Gasteiger partial charge in [0, 0.05) is 0 Å². The zero-order valence-corrected chi connectivity index (χ0v) is 7.74. The molecule has 3 N–H and O–H groups in total. The van der Waals surface area contributed by atoms with Gasteiger partial charge in [0.1, 0.15) is 18.3 Å². The number of hydrogen-bond donors (Lipinski definition) is 3. The first-order chi connectivity index (χ1) is 6.61. The Balaban J connectivity index is 2.71. The van der Waals surface area contributed by atoms with Crippen LogP contribution in [-0.2, 0) is 14.3 Å². The molecule has 0 radical (unpaired) electrons. The molecule has 0 aliphatic carbocycles. The van der Waals surface area contributed by atoms with Gasteiger partial charge in [-0.2, -0.15) is 0 Å². The van der Waals surface area contributed by atoms with Crippen LogP contribution in [0.2, 0.25) is 0 Å². The van der Waals surface area contributed by atoms with E-state index in [1.54, 1.807) is 6.92 Å². The van der Waals surface area contributed by atoms with Crippen LogP contribution in [0.5, 0.6) is 0 Å². The fraction of sp³-hybridized carbons (Fsp3) is 0.875. The summed E-state index contributed by atoms with van der Waals surface area (Å²) in [5.74, 6) is 0. The van der Waals surface area contributed by atoms with Crippen LogP contribution in [0.1, 0.15) is 6.92 Å². The standard InChI is InChI=1S/C8H14O6/c1-4-6(11)8(13-3-10)7(12)5(2-9)14-4/h3-9,11-12H,2H2,1H3/t4?,5-,6-,7-,8+/m1/s1. The van der Waals surface area contributed by atoms with Crippen LogP contribution in [-0.4, -0.2) is 58.9 Å². The number of aliphatic hydroxyl groups is 3. The van der Waals surface area contributed by atoms with E-state index in [1.165, 1.54) is 0 Å². The zero-order valence-electron chi connectivity index (χ0n) is 7.74. The molecule has 0 aromatic carbocycles. The molecule has 0 saturated carbocycles. The molecule has 82 valence electrons. The second-order valence-corrected chi connectivity index (χ2v) is 3.24. The molecule has 1 heterocycles. The van der Waals surface area contributed by atoms with E-state index in [0.29, 0.717) is 0 Å². The summed E-state index contributed by atoms with van der Waals surface area (Å²) in [6.07, 6.45) is -4.78. The topological polar surface area (TPSA) is 96.2 Å². The molecule has 1 saturated heterocycles. The van der Waals surface area contributed by atoms with Crippen LogP contribution in [0.25, 0.3) is 0 Å². The van der Waals surface area contributed by atoms with Crippen molar-refractivity contribution in [2.75, 3.05) is 6.61 Å². The smallest absolute Gasteiger partial charge is 0.293 e. The lowest BCUT2D eigenvalue weighted by Crippen LogP contribution is -2.58. The molecular formula is C8H14O6. The Kier molecular flexibility index (Phi) is 3.82. The van der Waals surface area contributed by atoms with Gasteiger partial charge in [-0.1, -0.05) is 0 Å². The molecule has 1 fully saturated rings. The Hall–Kier alpha value is -0.690. The summed E-state index contributed by atoms with van der Waals surface area (Å²) < 4.78 is 9.63. The summed E-state index contributed by atoms with van der Waals surface area (Å²) in [4.78, 5) is 10.1.